The number of nitrogens with one attached hydrogen (secondary N) is 2. The molecule has 3 aromatic heterocycles. The summed E-state index contributed by atoms with van der Waals surface area (Å²) in [4.78, 5) is 49.3. The maximum atomic E-state index is 13.9. The summed E-state index contributed by atoms with van der Waals surface area (Å²) in [6, 6.07) is 37.5. The largest absolute Gasteiger partial charge is 0.497 e. The van der Waals surface area contributed by atoms with Crippen LogP contribution in [0.15, 0.2) is 139 Å². The number of methoxy groups -OCH3 is 10. The highest BCUT2D eigenvalue weighted by molar-refractivity contribution is 9.11. The van der Waals surface area contributed by atoms with Gasteiger partial charge in [0, 0.05) is 112 Å². The van der Waals surface area contributed by atoms with E-state index in [1.807, 2.05) is 138 Å². The Hall–Kier alpha value is -10.7. The van der Waals surface area contributed by atoms with E-state index in [1.165, 1.54) is 4.68 Å². The van der Waals surface area contributed by atoms with Gasteiger partial charge in [-0.05, 0) is 238 Å². The van der Waals surface area contributed by atoms with Crippen molar-refractivity contribution in [1.29, 1.82) is 0 Å². The van der Waals surface area contributed by atoms with Crippen molar-refractivity contribution in [2.45, 2.75) is 123 Å². The number of aromatic carboxylic acids is 1. The Labute approximate surface area is 758 Å². The Morgan fingerprint density at radius 3 is 1.18 bits per heavy atom. The van der Waals surface area contributed by atoms with Gasteiger partial charge in [-0.3, -0.25) is 28.4 Å². The second-order valence-electron chi connectivity index (χ2n) is 28.3. The van der Waals surface area contributed by atoms with Gasteiger partial charge in [0.25, 0.3) is 11.8 Å². The van der Waals surface area contributed by atoms with E-state index in [0.29, 0.717) is 146 Å². The maximum absolute atomic E-state index is 13.9. The molecule has 3 heterocycles. The number of ether oxygens (including phenoxy) is 14. The molecule has 0 saturated heterocycles. The summed E-state index contributed by atoms with van der Waals surface area (Å²) in [7, 11) is 21.4. The zero-order valence-corrected chi connectivity index (χ0v) is 79.5. The molecule has 3 aliphatic carbocycles. The summed E-state index contributed by atoms with van der Waals surface area (Å²) in [5, 5.41) is 28.3. The van der Waals surface area contributed by atoms with Crippen LogP contribution < -0.4 is 82.7 Å². The summed E-state index contributed by atoms with van der Waals surface area (Å²) in [5.74, 6) is 10.0. The van der Waals surface area contributed by atoms with E-state index in [4.69, 9.17) is 77.2 Å². The fraction of sp³-hybridized carbons (Fsp3) is 0.396. The van der Waals surface area contributed by atoms with Crippen molar-refractivity contribution in [3.8, 4) is 80.5 Å². The molecule has 0 atom stereocenters. The Balaban J connectivity index is 0.000000193. The van der Waals surface area contributed by atoms with Crippen LogP contribution >= 0.6 is 63.7 Å². The third kappa shape index (κ3) is 27.9. The fourth-order valence-electron chi connectivity index (χ4n) is 12.8. The molecule has 124 heavy (non-hydrogen) atoms. The van der Waals surface area contributed by atoms with Crippen molar-refractivity contribution < 1.29 is 90.6 Å². The minimum Gasteiger partial charge on any atom is -0.497 e. The van der Waals surface area contributed by atoms with Gasteiger partial charge in [0.2, 0.25) is 0 Å². The normalized spacial score (nSPS) is 12.2. The second-order valence-corrected chi connectivity index (χ2v) is 31.7. The number of carbonyl (C=O) groups excluding carboxylic acids is 3. The van der Waals surface area contributed by atoms with Crippen molar-refractivity contribution in [2.75, 3.05) is 97.5 Å². The van der Waals surface area contributed by atoms with E-state index in [9.17, 15) is 19.2 Å². The molecule has 0 spiro atoms. The van der Waals surface area contributed by atoms with Gasteiger partial charge in [-0.2, -0.15) is 15.3 Å². The van der Waals surface area contributed by atoms with E-state index in [0.717, 1.165) is 148 Å². The predicted octanol–water partition coefficient (Wildman–Crippen LogP) is 17.7. The van der Waals surface area contributed by atoms with Gasteiger partial charge in [-0.15, -0.1) is 0 Å². The van der Waals surface area contributed by atoms with Crippen molar-refractivity contribution in [3.05, 3.63) is 212 Å². The summed E-state index contributed by atoms with van der Waals surface area (Å²) in [6.07, 6.45) is 7.64. The molecule has 0 bridgehead atoms. The van der Waals surface area contributed by atoms with Crippen molar-refractivity contribution in [3.63, 3.8) is 0 Å². The molecular formula is C91H112Br4N10O19. The molecule has 0 aliphatic heterocycles. The lowest BCUT2D eigenvalue weighted by atomic mass is 10.1. The van der Waals surface area contributed by atoms with Crippen molar-refractivity contribution in [1.82, 2.24) is 44.9 Å². The van der Waals surface area contributed by atoms with Crippen LogP contribution in [0.3, 0.4) is 0 Å². The van der Waals surface area contributed by atoms with Crippen LogP contribution in [0.1, 0.15) is 176 Å². The maximum Gasteiger partial charge on any atom is 0.354 e. The van der Waals surface area contributed by atoms with Gasteiger partial charge in [0.05, 0.1) is 139 Å². The lowest BCUT2D eigenvalue weighted by molar-refractivity contribution is 0.0682. The summed E-state index contributed by atoms with van der Waals surface area (Å²) in [5.41, 5.74) is 16.2. The van der Waals surface area contributed by atoms with E-state index < -0.39 is 5.97 Å². The number of nitrogens with two attached hydrogens (primary N) is 1. The molecule has 10 aromatic rings. The number of halogens is 4. The smallest absolute Gasteiger partial charge is 0.354 e. The highest BCUT2D eigenvalue weighted by Crippen LogP contribution is 2.44. The van der Waals surface area contributed by atoms with Crippen LogP contribution in [0.4, 0.5) is 0 Å². The molecule has 29 nitrogen and oxygen atoms in total. The lowest BCUT2D eigenvalue weighted by Crippen LogP contribution is -2.31. The Morgan fingerprint density at radius 1 is 0.427 bits per heavy atom. The molecule has 5 N–H and O–H groups in total. The molecule has 3 saturated carbocycles. The van der Waals surface area contributed by atoms with Crippen LogP contribution in [0.25, 0.3) is 0 Å². The number of nitrogens with zero attached hydrogens (tertiary/aromatic N) is 7. The summed E-state index contributed by atoms with van der Waals surface area (Å²) < 4.78 is 83.5. The molecule has 0 unspecified atom stereocenters. The number of amides is 2. The quantitative estimate of drug-likeness (QED) is 0.0265. The van der Waals surface area contributed by atoms with Gasteiger partial charge in [0.1, 0.15) is 57.9 Å². The molecule has 3 aliphatic rings. The topological polar surface area (TPSA) is 325 Å². The summed E-state index contributed by atoms with van der Waals surface area (Å²) in [6.45, 7) is 12.8. The van der Waals surface area contributed by atoms with E-state index in [-0.39, 0.29) is 17.5 Å². The highest BCUT2D eigenvalue weighted by Gasteiger charge is 2.32. The van der Waals surface area contributed by atoms with E-state index in [2.05, 4.69) is 89.6 Å². The van der Waals surface area contributed by atoms with Gasteiger partial charge in [0.15, 0.2) is 46.0 Å². The molecule has 0 radical (unpaired) electrons. The fourth-order valence-corrected chi connectivity index (χ4v) is 15.2. The Bertz CT molecular complexity index is 5200. The van der Waals surface area contributed by atoms with Gasteiger partial charge >= 0.3 is 5.97 Å². The number of aromatic nitrogens is 6. The van der Waals surface area contributed by atoms with Crippen molar-refractivity contribution in [2.24, 2.45) is 26.9 Å². The minimum absolute atomic E-state index is 0.112. The number of aldehydes is 1. The second kappa shape index (κ2) is 49.1. The number of aryl methyl sites for hydroxylation is 3. The first-order valence-electron chi connectivity index (χ1n) is 40.1. The number of hydrogen-bond acceptors (Lipinski definition) is 23. The third-order valence-corrected chi connectivity index (χ3v) is 21.9. The zero-order chi connectivity index (χ0) is 90.3. The molecule has 3 fully saturated rings. The standard InChI is InChI=1S/C27H32BrN3O5.C19H24BrNO4.C18H22BrN3O3.C10H11BrO3.C9H13NO2.C8H10N2O2/c1-6-36-26-21(28)11-17(12-25(26)35-5)15-31(16-19-9-10-20(33-3)13-24(19)34-4)27(32)23-14-22(18-7-8-18)29-30(23)2;1-5-25-19-16(20)8-13(9-18(19)24-4)11-21-12-14-6-7-15(22-2)10-17(14)23-3;1-4-25-17-13(19)7-11(8-16(17)24-3)10-20-18(23)15-9-14(12-5-6-12)21-22(15)2;1-3-14-10-8(11)4-7(6-12)5-9(10)13-2;1-11-8-4-3-7(6-10)9(5-8)12-2;1-10-7(8(11)12)4-6(9-10)5-2-3-5/h9-14,18H,6-8,15-16H2,1-5H3;6-10,21H,5,11-12H2,1-4H3;7-9,12H,4-6,10H2,1-3H3,(H,20,23);4-6H,3H2,1-2H3;3-5H,6,10H2,1-2H3;4-5H,2-3H2,1H3,(H,11,12). The third-order valence-electron chi connectivity index (χ3n) is 19.6. The average Bonchev–Trinajstić information content (AvgIpc) is 1.71. The van der Waals surface area contributed by atoms with E-state index in [1.54, 1.807) is 118 Å². The molecule has 13 rings (SSSR count). The number of carboxylic acid groups (broad SMARTS) is 1. The molecule has 33 heteroatoms. The zero-order valence-electron chi connectivity index (χ0n) is 73.2. The number of rotatable bonds is 36. The Morgan fingerprint density at radius 2 is 0.782 bits per heavy atom. The molecule has 2 amide bonds. The highest BCUT2D eigenvalue weighted by atomic mass is 79.9. The SMILES string of the molecule is CCOc1c(Br)cc(C=O)cc1OC.CCOc1c(Br)cc(CN(Cc2ccc(OC)cc2OC)C(=O)c2cc(C3CC3)nn2C)cc1OC.CCOc1c(Br)cc(CNC(=O)c2cc(C3CC3)nn2C)cc1OC.CCOc1c(Br)cc(CNCc2ccc(OC)cc2OC)cc1OC.COc1ccc(CN)c(OC)c1.Cn1nc(C2CC2)cc1C(=O)O. The number of carbonyl (C=O) groups is 4. The lowest BCUT2D eigenvalue weighted by Gasteiger charge is -2.25. The minimum atomic E-state index is -0.906. The average molecular weight is 1970 g/mol. The monoisotopic (exact) mass is 1960 g/mol. The van der Waals surface area contributed by atoms with E-state index >= 15 is 0 Å². The van der Waals surface area contributed by atoms with Crippen molar-refractivity contribution >= 4 is 87.8 Å². The molecular weight excluding hydrogens is 1860 g/mol. The van der Waals surface area contributed by atoms with Gasteiger partial charge in [-0.25, -0.2) is 4.79 Å². The van der Waals surface area contributed by atoms with Gasteiger partial charge < -0.3 is 92.7 Å². The molecule has 668 valence electrons. The van der Waals surface area contributed by atoms with Crippen LogP contribution in [-0.4, -0.2) is 161 Å². The molecule has 7 aromatic carbocycles. The Kier molecular flexibility index (Phi) is 39.1. The van der Waals surface area contributed by atoms with Crippen LogP contribution in [-0.2, 0) is 60.4 Å². The van der Waals surface area contributed by atoms with Crippen LogP contribution in [0, 0.1) is 0 Å². The van der Waals surface area contributed by atoms with Crippen LogP contribution in [0.5, 0.6) is 80.5 Å². The number of hydrogen-bond donors (Lipinski definition) is 4. The number of benzene rings is 7. The predicted molar refractivity (Wildman–Crippen MR) is 487 cm³/mol. The summed E-state index contributed by atoms with van der Waals surface area (Å²) >= 11 is 14.0. The van der Waals surface area contributed by atoms with Crippen LogP contribution in [0.2, 0.25) is 0 Å². The first kappa shape index (κ1) is 98.7. The first-order valence-corrected chi connectivity index (χ1v) is 43.3. The number of carboxylic acids is 1. The van der Waals surface area contributed by atoms with Gasteiger partial charge in [-0.1, -0.05) is 12.1 Å². The first-order chi connectivity index (χ1) is 59.7.